The van der Waals surface area contributed by atoms with E-state index in [1.165, 1.54) is 24.3 Å². The van der Waals surface area contributed by atoms with Gasteiger partial charge in [-0.15, -0.1) is 11.3 Å². The van der Waals surface area contributed by atoms with Gasteiger partial charge in [-0.3, -0.25) is 9.59 Å². The van der Waals surface area contributed by atoms with Crippen LogP contribution in [0.25, 0.3) is 16.6 Å². The molecule has 1 heterocycles. The van der Waals surface area contributed by atoms with E-state index in [0.29, 0.717) is 13.1 Å². The second-order valence-electron chi connectivity index (χ2n) is 4.91. The summed E-state index contributed by atoms with van der Waals surface area (Å²) in [4.78, 5) is 26.8. The molecule has 0 atom stereocenters. The standard InChI is InChI=1S/C17H19N3O3S/c1-12(21)18-9-10-19-16(22)8-5-14-11-24-17(20-14)13-3-6-15(23-2)7-4-13/h3-8,11H,9-10H2,1-2H3,(H,18,21)(H,19,22). The number of benzene rings is 1. The molecule has 0 fully saturated rings. The first-order valence-corrected chi connectivity index (χ1v) is 8.27. The summed E-state index contributed by atoms with van der Waals surface area (Å²) < 4.78 is 5.13. The third-order valence-electron chi connectivity index (χ3n) is 3.06. The molecule has 1 aromatic carbocycles. The van der Waals surface area contributed by atoms with Crippen LogP contribution in [0.4, 0.5) is 0 Å². The van der Waals surface area contributed by atoms with E-state index in [4.69, 9.17) is 4.74 Å². The van der Waals surface area contributed by atoms with Gasteiger partial charge in [0.1, 0.15) is 10.8 Å². The molecule has 6 nitrogen and oxygen atoms in total. The summed E-state index contributed by atoms with van der Waals surface area (Å²) in [5.41, 5.74) is 1.73. The average molecular weight is 345 g/mol. The van der Waals surface area contributed by atoms with Crippen LogP contribution in [0.2, 0.25) is 0 Å². The number of nitrogens with one attached hydrogen (secondary N) is 2. The molecule has 2 aromatic rings. The minimum atomic E-state index is -0.223. The molecule has 2 rings (SSSR count). The monoisotopic (exact) mass is 345 g/mol. The maximum absolute atomic E-state index is 11.7. The Morgan fingerprint density at radius 3 is 2.58 bits per heavy atom. The Kier molecular flexibility index (Phi) is 6.51. The topological polar surface area (TPSA) is 80.3 Å². The van der Waals surface area contributed by atoms with Gasteiger partial charge in [0.05, 0.1) is 12.8 Å². The predicted molar refractivity (Wildman–Crippen MR) is 94.8 cm³/mol. The predicted octanol–water partition coefficient (Wildman–Crippen LogP) is 2.08. The number of hydrogen-bond acceptors (Lipinski definition) is 5. The number of carbonyl (C=O) groups is 2. The fourth-order valence-corrected chi connectivity index (χ4v) is 2.67. The normalized spacial score (nSPS) is 10.6. The fourth-order valence-electron chi connectivity index (χ4n) is 1.87. The van der Waals surface area contributed by atoms with E-state index in [1.807, 2.05) is 29.6 Å². The number of hydrogen-bond donors (Lipinski definition) is 2. The Labute approximate surface area is 144 Å². The molecule has 24 heavy (non-hydrogen) atoms. The fraction of sp³-hybridized carbons (Fsp3) is 0.235. The Balaban J connectivity index is 1.88. The van der Waals surface area contributed by atoms with E-state index in [2.05, 4.69) is 15.6 Å². The molecule has 0 aliphatic heterocycles. The van der Waals surface area contributed by atoms with Crippen LogP contribution >= 0.6 is 11.3 Å². The number of ether oxygens (including phenoxy) is 1. The molecular formula is C17H19N3O3S. The third-order valence-corrected chi connectivity index (χ3v) is 3.97. The number of nitrogens with zero attached hydrogens (tertiary/aromatic N) is 1. The lowest BCUT2D eigenvalue weighted by atomic mass is 10.2. The lowest BCUT2D eigenvalue weighted by Crippen LogP contribution is -2.32. The van der Waals surface area contributed by atoms with Gasteiger partial charge in [0.25, 0.3) is 0 Å². The second kappa shape index (κ2) is 8.83. The van der Waals surface area contributed by atoms with Crippen molar-refractivity contribution in [1.82, 2.24) is 15.6 Å². The Morgan fingerprint density at radius 2 is 1.92 bits per heavy atom. The van der Waals surface area contributed by atoms with Crippen molar-refractivity contribution in [1.29, 1.82) is 0 Å². The molecule has 0 bridgehead atoms. The maximum atomic E-state index is 11.7. The molecule has 0 radical (unpaired) electrons. The molecule has 2 amide bonds. The van der Waals surface area contributed by atoms with Crippen molar-refractivity contribution in [3.8, 4) is 16.3 Å². The van der Waals surface area contributed by atoms with E-state index in [-0.39, 0.29) is 11.8 Å². The third kappa shape index (κ3) is 5.51. The zero-order valence-corrected chi connectivity index (χ0v) is 14.4. The van der Waals surface area contributed by atoms with Gasteiger partial charge < -0.3 is 15.4 Å². The highest BCUT2D eigenvalue weighted by atomic mass is 32.1. The number of thiazole rings is 1. The highest BCUT2D eigenvalue weighted by Gasteiger charge is 2.04. The molecule has 0 saturated carbocycles. The lowest BCUT2D eigenvalue weighted by molar-refractivity contribution is -0.119. The van der Waals surface area contributed by atoms with Crippen LogP contribution in [-0.2, 0) is 9.59 Å². The van der Waals surface area contributed by atoms with Crippen LogP contribution in [0.1, 0.15) is 12.6 Å². The van der Waals surface area contributed by atoms with E-state index < -0.39 is 0 Å². The zero-order chi connectivity index (χ0) is 17.4. The summed E-state index contributed by atoms with van der Waals surface area (Å²) in [6, 6.07) is 7.66. The van der Waals surface area contributed by atoms with Crippen LogP contribution < -0.4 is 15.4 Å². The lowest BCUT2D eigenvalue weighted by Gasteiger charge is -2.02. The van der Waals surface area contributed by atoms with Gasteiger partial charge in [0.15, 0.2) is 0 Å². The zero-order valence-electron chi connectivity index (χ0n) is 13.5. The molecule has 0 aliphatic carbocycles. The van der Waals surface area contributed by atoms with Gasteiger partial charge in [0.2, 0.25) is 11.8 Å². The minimum absolute atomic E-state index is 0.117. The minimum Gasteiger partial charge on any atom is -0.497 e. The molecule has 126 valence electrons. The van der Waals surface area contributed by atoms with Crippen molar-refractivity contribution in [2.24, 2.45) is 0 Å². The number of methoxy groups -OCH3 is 1. The molecule has 1 aromatic heterocycles. The molecule has 0 spiro atoms. The molecular weight excluding hydrogens is 326 g/mol. The summed E-state index contributed by atoms with van der Waals surface area (Å²) in [6.45, 7) is 2.23. The van der Waals surface area contributed by atoms with E-state index >= 15 is 0 Å². The van der Waals surface area contributed by atoms with Crippen LogP contribution in [0.15, 0.2) is 35.7 Å². The van der Waals surface area contributed by atoms with Crippen molar-refractivity contribution in [2.75, 3.05) is 20.2 Å². The quantitative estimate of drug-likeness (QED) is 0.595. The van der Waals surface area contributed by atoms with Gasteiger partial charge in [-0.25, -0.2) is 4.98 Å². The second-order valence-corrected chi connectivity index (χ2v) is 5.77. The average Bonchev–Trinajstić information content (AvgIpc) is 3.06. The number of aromatic nitrogens is 1. The van der Waals surface area contributed by atoms with Crippen molar-refractivity contribution in [3.63, 3.8) is 0 Å². The van der Waals surface area contributed by atoms with Crippen molar-refractivity contribution < 1.29 is 14.3 Å². The van der Waals surface area contributed by atoms with Crippen LogP contribution in [0, 0.1) is 0 Å². The molecule has 0 aliphatic rings. The number of rotatable bonds is 7. The first-order valence-electron chi connectivity index (χ1n) is 7.39. The van der Waals surface area contributed by atoms with E-state index in [9.17, 15) is 9.59 Å². The number of carbonyl (C=O) groups excluding carboxylic acids is 2. The Hall–Kier alpha value is -2.67. The van der Waals surface area contributed by atoms with Crippen LogP contribution in [-0.4, -0.2) is 37.0 Å². The molecule has 0 saturated heterocycles. The smallest absolute Gasteiger partial charge is 0.244 e. The van der Waals surface area contributed by atoms with Crippen molar-refractivity contribution in [3.05, 3.63) is 41.4 Å². The summed E-state index contributed by atoms with van der Waals surface area (Å²) in [5, 5.41) is 8.06. The van der Waals surface area contributed by atoms with Crippen molar-refractivity contribution >= 4 is 29.2 Å². The first kappa shape index (κ1) is 17.7. The molecule has 2 N–H and O–H groups in total. The van der Waals surface area contributed by atoms with Gasteiger partial charge in [-0.2, -0.15) is 0 Å². The van der Waals surface area contributed by atoms with Crippen molar-refractivity contribution in [2.45, 2.75) is 6.92 Å². The summed E-state index contributed by atoms with van der Waals surface area (Å²) in [6.07, 6.45) is 3.10. The molecule has 7 heteroatoms. The largest absolute Gasteiger partial charge is 0.497 e. The maximum Gasteiger partial charge on any atom is 0.244 e. The summed E-state index contributed by atoms with van der Waals surface area (Å²) >= 11 is 1.51. The van der Waals surface area contributed by atoms with Gasteiger partial charge in [0, 0.05) is 37.0 Å². The van der Waals surface area contributed by atoms with Crippen LogP contribution in [0.5, 0.6) is 5.75 Å². The van der Waals surface area contributed by atoms with E-state index in [1.54, 1.807) is 13.2 Å². The Morgan fingerprint density at radius 1 is 1.21 bits per heavy atom. The van der Waals surface area contributed by atoms with Gasteiger partial charge >= 0.3 is 0 Å². The van der Waals surface area contributed by atoms with E-state index in [0.717, 1.165) is 22.0 Å². The summed E-state index contributed by atoms with van der Waals surface area (Å²) in [7, 11) is 1.63. The number of amides is 2. The van der Waals surface area contributed by atoms with Gasteiger partial charge in [-0.05, 0) is 30.3 Å². The Bertz CT molecular complexity index is 723. The van der Waals surface area contributed by atoms with Gasteiger partial charge in [-0.1, -0.05) is 0 Å². The van der Waals surface area contributed by atoms with Crippen LogP contribution in [0.3, 0.4) is 0 Å². The first-order chi connectivity index (χ1) is 11.6. The summed E-state index contributed by atoms with van der Waals surface area (Å²) in [5.74, 6) is 0.457. The molecule has 0 unspecified atom stereocenters. The SMILES string of the molecule is COc1ccc(-c2nc(C=CC(=O)NCCNC(C)=O)cs2)cc1. The highest BCUT2D eigenvalue weighted by Crippen LogP contribution is 2.26. The highest BCUT2D eigenvalue weighted by molar-refractivity contribution is 7.13.